The Bertz CT molecular complexity index is 478. The SMILES string of the molecule is O=C(O)Cc1ccccc1Sc1cccs1. The molecule has 1 aromatic carbocycles. The zero-order valence-electron chi connectivity index (χ0n) is 8.42. The minimum absolute atomic E-state index is 0.0779. The summed E-state index contributed by atoms with van der Waals surface area (Å²) in [4.78, 5) is 11.7. The smallest absolute Gasteiger partial charge is 0.307 e. The third kappa shape index (κ3) is 2.87. The molecule has 0 saturated carbocycles. The molecule has 0 amide bonds. The molecule has 0 fully saturated rings. The van der Waals surface area contributed by atoms with Gasteiger partial charge in [0.1, 0.15) is 0 Å². The normalized spacial score (nSPS) is 10.2. The predicted octanol–water partition coefficient (Wildman–Crippen LogP) is 3.53. The van der Waals surface area contributed by atoms with Gasteiger partial charge in [-0.1, -0.05) is 36.0 Å². The van der Waals surface area contributed by atoms with Crippen LogP contribution in [-0.4, -0.2) is 11.1 Å². The standard InChI is InChI=1S/C12H10O2S2/c13-11(14)8-9-4-1-2-5-10(9)16-12-6-3-7-15-12/h1-7H,8H2,(H,13,14). The molecular weight excluding hydrogens is 240 g/mol. The largest absolute Gasteiger partial charge is 0.481 e. The Morgan fingerprint density at radius 1 is 1.25 bits per heavy atom. The summed E-state index contributed by atoms with van der Waals surface area (Å²) in [5.41, 5.74) is 0.869. The molecule has 0 atom stereocenters. The molecule has 2 aromatic rings. The molecule has 0 radical (unpaired) electrons. The van der Waals surface area contributed by atoms with Crippen molar-refractivity contribution in [2.24, 2.45) is 0 Å². The Morgan fingerprint density at radius 3 is 2.75 bits per heavy atom. The van der Waals surface area contributed by atoms with Crippen LogP contribution in [0.3, 0.4) is 0 Å². The second-order valence-electron chi connectivity index (χ2n) is 3.21. The van der Waals surface area contributed by atoms with Crippen LogP contribution >= 0.6 is 23.1 Å². The van der Waals surface area contributed by atoms with Gasteiger partial charge in [0.25, 0.3) is 0 Å². The van der Waals surface area contributed by atoms with E-state index in [1.54, 1.807) is 23.1 Å². The lowest BCUT2D eigenvalue weighted by atomic mass is 10.1. The highest BCUT2D eigenvalue weighted by atomic mass is 32.2. The van der Waals surface area contributed by atoms with Gasteiger partial charge in [-0.15, -0.1) is 11.3 Å². The maximum atomic E-state index is 10.7. The number of benzene rings is 1. The highest BCUT2D eigenvalue weighted by molar-refractivity contribution is 8.01. The molecule has 1 heterocycles. The van der Waals surface area contributed by atoms with Crippen molar-refractivity contribution >= 4 is 29.1 Å². The number of aliphatic carboxylic acids is 1. The summed E-state index contributed by atoms with van der Waals surface area (Å²) in [6.07, 6.45) is 0.0779. The summed E-state index contributed by atoms with van der Waals surface area (Å²) in [5, 5.41) is 10.8. The molecule has 4 heteroatoms. The van der Waals surface area contributed by atoms with Crippen LogP contribution in [0.5, 0.6) is 0 Å². The first-order chi connectivity index (χ1) is 7.75. The van der Waals surface area contributed by atoms with E-state index in [0.29, 0.717) is 0 Å². The monoisotopic (exact) mass is 250 g/mol. The van der Waals surface area contributed by atoms with Crippen molar-refractivity contribution < 1.29 is 9.90 Å². The van der Waals surface area contributed by atoms with E-state index < -0.39 is 5.97 Å². The summed E-state index contributed by atoms with van der Waals surface area (Å²) in [6.45, 7) is 0. The molecule has 0 aliphatic rings. The zero-order chi connectivity index (χ0) is 11.4. The van der Waals surface area contributed by atoms with Crippen molar-refractivity contribution in [3.63, 3.8) is 0 Å². The Morgan fingerprint density at radius 2 is 2.06 bits per heavy atom. The van der Waals surface area contributed by atoms with Crippen LogP contribution in [0.15, 0.2) is 50.9 Å². The van der Waals surface area contributed by atoms with Gasteiger partial charge in [-0.2, -0.15) is 0 Å². The minimum Gasteiger partial charge on any atom is -0.481 e. The zero-order valence-corrected chi connectivity index (χ0v) is 10.1. The summed E-state index contributed by atoms with van der Waals surface area (Å²) in [5.74, 6) is -0.792. The molecule has 0 spiro atoms. The van der Waals surface area contributed by atoms with Gasteiger partial charge in [0.15, 0.2) is 0 Å². The number of hydrogen-bond donors (Lipinski definition) is 1. The lowest BCUT2D eigenvalue weighted by molar-refractivity contribution is -0.136. The highest BCUT2D eigenvalue weighted by Gasteiger charge is 2.07. The van der Waals surface area contributed by atoms with Gasteiger partial charge in [-0.3, -0.25) is 4.79 Å². The van der Waals surface area contributed by atoms with E-state index in [0.717, 1.165) is 10.5 Å². The fourth-order valence-electron chi connectivity index (χ4n) is 1.34. The molecule has 0 aliphatic carbocycles. The van der Waals surface area contributed by atoms with Crippen molar-refractivity contribution in [3.8, 4) is 0 Å². The number of carboxylic acids is 1. The number of rotatable bonds is 4. The lowest BCUT2D eigenvalue weighted by Crippen LogP contribution is -2.00. The van der Waals surface area contributed by atoms with Crippen molar-refractivity contribution in [1.29, 1.82) is 0 Å². The van der Waals surface area contributed by atoms with Gasteiger partial charge in [0, 0.05) is 4.90 Å². The van der Waals surface area contributed by atoms with Gasteiger partial charge in [0.2, 0.25) is 0 Å². The summed E-state index contributed by atoms with van der Waals surface area (Å²) >= 11 is 3.28. The van der Waals surface area contributed by atoms with E-state index in [9.17, 15) is 4.79 Å². The van der Waals surface area contributed by atoms with Crippen molar-refractivity contribution in [2.45, 2.75) is 15.5 Å². The minimum atomic E-state index is -0.792. The van der Waals surface area contributed by atoms with Gasteiger partial charge in [0.05, 0.1) is 10.6 Å². The van der Waals surface area contributed by atoms with Gasteiger partial charge in [-0.05, 0) is 23.1 Å². The molecule has 2 nitrogen and oxygen atoms in total. The Kier molecular flexibility index (Phi) is 3.64. The first kappa shape index (κ1) is 11.2. The van der Waals surface area contributed by atoms with Gasteiger partial charge in [-0.25, -0.2) is 0 Å². The van der Waals surface area contributed by atoms with E-state index in [-0.39, 0.29) is 6.42 Å². The van der Waals surface area contributed by atoms with Crippen LogP contribution in [0.2, 0.25) is 0 Å². The molecule has 0 saturated heterocycles. The Labute approximate surface area is 102 Å². The second-order valence-corrected chi connectivity index (χ2v) is 5.50. The third-order valence-electron chi connectivity index (χ3n) is 2.02. The maximum Gasteiger partial charge on any atom is 0.307 e. The number of carboxylic acid groups (broad SMARTS) is 1. The van der Waals surface area contributed by atoms with Crippen molar-refractivity contribution in [1.82, 2.24) is 0 Å². The molecule has 16 heavy (non-hydrogen) atoms. The van der Waals surface area contributed by atoms with Crippen LogP contribution in [0.4, 0.5) is 0 Å². The highest BCUT2D eigenvalue weighted by Crippen LogP contribution is 2.33. The fraction of sp³-hybridized carbons (Fsp3) is 0.0833. The number of carbonyl (C=O) groups is 1. The van der Waals surface area contributed by atoms with Gasteiger partial charge >= 0.3 is 5.97 Å². The van der Waals surface area contributed by atoms with Crippen LogP contribution in [0, 0.1) is 0 Å². The van der Waals surface area contributed by atoms with Crippen molar-refractivity contribution in [3.05, 3.63) is 47.3 Å². The van der Waals surface area contributed by atoms with E-state index in [2.05, 4.69) is 0 Å². The van der Waals surface area contributed by atoms with Crippen LogP contribution in [0.25, 0.3) is 0 Å². The van der Waals surface area contributed by atoms with Crippen molar-refractivity contribution in [2.75, 3.05) is 0 Å². The van der Waals surface area contributed by atoms with Gasteiger partial charge < -0.3 is 5.11 Å². The molecule has 0 unspecified atom stereocenters. The van der Waals surface area contributed by atoms with Crippen LogP contribution in [-0.2, 0) is 11.2 Å². The second kappa shape index (κ2) is 5.18. The summed E-state index contributed by atoms with van der Waals surface area (Å²) < 4.78 is 1.18. The molecule has 82 valence electrons. The summed E-state index contributed by atoms with van der Waals surface area (Å²) in [7, 11) is 0. The topological polar surface area (TPSA) is 37.3 Å². The molecule has 1 N–H and O–H groups in total. The van der Waals surface area contributed by atoms with E-state index in [1.807, 2.05) is 41.8 Å². The molecule has 0 bridgehead atoms. The first-order valence-electron chi connectivity index (χ1n) is 4.77. The van der Waals surface area contributed by atoms with E-state index in [4.69, 9.17) is 5.11 Å². The average molecular weight is 250 g/mol. The molecule has 1 aromatic heterocycles. The maximum absolute atomic E-state index is 10.7. The Balaban J connectivity index is 2.22. The van der Waals surface area contributed by atoms with Crippen LogP contribution < -0.4 is 0 Å². The number of hydrogen-bond acceptors (Lipinski definition) is 3. The van der Waals surface area contributed by atoms with Crippen LogP contribution in [0.1, 0.15) is 5.56 Å². The average Bonchev–Trinajstić information content (AvgIpc) is 2.73. The quantitative estimate of drug-likeness (QED) is 0.902. The Hall–Kier alpha value is -1.26. The lowest BCUT2D eigenvalue weighted by Gasteiger charge is -2.05. The molecule has 0 aliphatic heterocycles. The molecular formula is C12H10O2S2. The molecule has 2 rings (SSSR count). The third-order valence-corrected chi connectivity index (χ3v) is 4.18. The van der Waals surface area contributed by atoms with E-state index >= 15 is 0 Å². The van der Waals surface area contributed by atoms with E-state index in [1.165, 1.54) is 4.21 Å². The fourth-order valence-corrected chi connectivity index (χ4v) is 3.20. The summed E-state index contributed by atoms with van der Waals surface area (Å²) in [6, 6.07) is 11.7. The number of thiophene rings is 1. The predicted molar refractivity (Wildman–Crippen MR) is 66.2 cm³/mol. The first-order valence-corrected chi connectivity index (χ1v) is 6.46.